The second kappa shape index (κ2) is 6.55. The average molecular weight is 269 g/mol. The molecule has 1 aliphatic heterocycles. The van der Waals surface area contributed by atoms with E-state index in [0.29, 0.717) is 6.04 Å². The van der Waals surface area contributed by atoms with Crippen LogP contribution in [0.1, 0.15) is 71.6 Å². The number of hydrogen-bond donors (Lipinski definition) is 2. The summed E-state index contributed by atoms with van der Waals surface area (Å²) in [5.74, 6) is 0. The third-order valence-electron chi connectivity index (χ3n) is 5.25. The Morgan fingerprint density at radius 1 is 1.32 bits per heavy atom. The van der Waals surface area contributed by atoms with Gasteiger partial charge in [0.2, 0.25) is 0 Å². The summed E-state index contributed by atoms with van der Waals surface area (Å²) in [6, 6.07) is 0.559. The number of hydrogen-bond acceptors (Lipinski definition) is 3. The fraction of sp³-hybridized carbons (Fsp3) is 1.00. The molecule has 19 heavy (non-hydrogen) atoms. The van der Waals surface area contributed by atoms with Crippen molar-refractivity contribution < 1.29 is 9.84 Å². The standard InChI is InChI=1S/C16H31NO2/c1-3-15(2,10-11-18)17-14-7-12-19-16(13-14)8-5-4-6-9-16/h14,17-18H,3-13H2,1-2H3. The minimum atomic E-state index is 0.0760. The number of aliphatic hydroxyl groups excluding tert-OH is 1. The Balaban J connectivity index is 1.93. The summed E-state index contributed by atoms with van der Waals surface area (Å²) in [6.45, 7) is 5.62. The molecular weight excluding hydrogens is 238 g/mol. The lowest BCUT2D eigenvalue weighted by Gasteiger charge is -2.46. The fourth-order valence-electron chi connectivity index (χ4n) is 3.79. The summed E-state index contributed by atoms with van der Waals surface area (Å²) >= 11 is 0. The van der Waals surface area contributed by atoms with Gasteiger partial charge >= 0.3 is 0 Å². The molecule has 2 fully saturated rings. The van der Waals surface area contributed by atoms with Crippen molar-refractivity contribution in [2.75, 3.05) is 13.2 Å². The number of ether oxygens (including phenoxy) is 1. The van der Waals surface area contributed by atoms with Gasteiger partial charge in [0.25, 0.3) is 0 Å². The zero-order valence-corrected chi connectivity index (χ0v) is 12.7. The Kier molecular flexibility index (Phi) is 5.27. The molecule has 1 saturated heterocycles. The van der Waals surface area contributed by atoms with Gasteiger partial charge in [0.05, 0.1) is 5.60 Å². The van der Waals surface area contributed by atoms with Gasteiger partial charge in [-0.1, -0.05) is 26.2 Å². The van der Waals surface area contributed by atoms with Crippen molar-refractivity contribution in [2.45, 2.75) is 88.8 Å². The Bertz CT molecular complexity index is 268. The lowest BCUT2D eigenvalue weighted by molar-refractivity contribution is -0.111. The summed E-state index contributed by atoms with van der Waals surface area (Å²) in [7, 11) is 0. The van der Waals surface area contributed by atoms with Crippen LogP contribution in [0.15, 0.2) is 0 Å². The number of rotatable bonds is 5. The van der Waals surface area contributed by atoms with Crippen LogP contribution in [-0.2, 0) is 4.74 Å². The van der Waals surface area contributed by atoms with Crippen molar-refractivity contribution >= 4 is 0 Å². The second-order valence-corrected chi connectivity index (χ2v) is 6.81. The van der Waals surface area contributed by atoms with Crippen molar-refractivity contribution in [1.82, 2.24) is 5.32 Å². The maximum atomic E-state index is 9.24. The summed E-state index contributed by atoms with van der Waals surface area (Å²) in [6.07, 6.45) is 10.7. The number of aliphatic hydroxyl groups is 1. The summed E-state index contributed by atoms with van der Waals surface area (Å²) in [5.41, 5.74) is 0.245. The lowest BCUT2D eigenvalue weighted by atomic mass is 9.77. The summed E-state index contributed by atoms with van der Waals surface area (Å²) < 4.78 is 6.16. The van der Waals surface area contributed by atoms with Gasteiger partial charge in [-0.15, -0.1) is 0 Å². The van der Waals surface area contributed by atoms with Gasteiger partial charge in [-0.05, 0) is 45.4 Å². The zero-order chi connectivity index (χ0) is 13.8. The maximum Gasteiger partial charge on any atom is 0.0697 e. The third kappa shape index (κ3) is 3.93. The van der Waals surface area contributed by atoms with Crippen molar-refractivity contribution in [1.29, 1.82) is 0 Å². The van der Waals surface area contributed by atoms with Crippen LogP contribution in [-0.4, -0.2) is 35.5 Å². The highest BCUT2D eigenvalue weighted by molar-refractivity contribution is 4.95. The van der Waals surface area contributed by atoms with E-state index in [0.717, 1.165) is 32.3 Å². The first kappa shape index (κ1) is 15.3. The van der Waals surface area contributed by atoms with Crippen LogP contribution in [0.25, 0.3) is 0 Å². The Labute approximate surface area is 118 Å². The van der Waals surface area contributed by atoms with Crippen LogP contribution in [0.2, 0.25) is 0 Å². The molecule has 2 unspecified atom stereocenters. The van der Waals surface area contributed by atoms with Gasteiger partial charge in [-0.3, -0.25) is 0 Å². The minimum absolute atomic E-state index is 0.0760. The van der Waals surface area contributed by atoms with Crippen LogP contribution in [0.3, 0.4) is 0 Å². The molecule has 0 bridgehead atoms. The first-order valence-electron chi connectivity index (χ1n) is 8.14. The highest BCUT2D eigenvalue weighted by Crippen LogP contribution is 2.39. The molecule has 1 saturated carbocycles. The largest absolute Gasteiger partial charge is 0.396 e. The molecule has 1 heterocycles. The Morgan fingerprint density at radius 2 is 2.05 bits per heavy atom. The molecule has 1 aliphatic carbocycles. The summed E-state index contributed by atoms with van der Waals surface area (Å²) in [4.78, 5) is 0. The molecule has 0 radical (unpaired) electrons. The van der Waals surface area contributed by atoms with Crippen LogP contribution in [0.4, 0.5) is 0 Å². The first-order chi connectivity index (χ1) is 9.11. The summed E-state index contributed by atoms with van der Waals surface area (Å²) in [5, 5.41) is 13.1. The van der Waals surface area contributed by atoms with E-state index in [-0.39, 0.29) is 17.7 Å². The molecule has 2 atom stereocenters. The predicted molar refractivity (Wildman–Crippen MR) is 78.3 cm³/mol. The van der Waals surface area contributed by atoms with Gasteiger partial charge in [-0.2, -0.15) is 0 Å². The molecule has 3 nitrogen and oxygen atoms in total. The van der Waals surface area contributed by atoms with Crippen LogP contribution in [0.5, 0.6) is 0 Å². The molecule has 2 rings (SSSR count). The second-order valence-electron chi connectivity index (χ2n) is 6.81. The van der Waals surface area contributed by atoms with Gasteiger partial charge in [0, 0.05) is 24.8 Å². The molecule has 2 N–H and O–H groups in total. The van der Waals surface area contributed by atoms with Crippen molar-refractivity contribution in [2.24, 2.45) is 0 Å². The van der Waals surface area contributed by atoms with E-state index in [1.54, 1.807) is 0 Å². The van der Waals surface area contributed by atoms with E-state index in [9.17, 15) is 5.11 Å². The molecule has 3 heteroatoms. The fourth-order valence-corrected chi connectivity index (χ4v) is 3.79. The molecule has 0 aromatic carbocycles. The van der Waals surface area contributed by atoms with Crippen LogP contribution < -0.4 is 5.32 Å². The molecule has 2 aliphatic rings. The van der Waals surface area contributed by atoms with E-state index in [2.05, 4.69) is 19.2 Å². The van der Waals surface area contributed by atoms with E-state index in [1.807, 2.05) is 0 Å². The minimum Gasteiger partial charge on any atom is -0.396 e. The van der Waals surface area contributed by atoms with Gasteiger partial charge in [-0.25, -0.2) is 0 Å². The molecule has 0 amide bonds. The normalized spacial score (nSPS) is 30.2. The van der Waals surface area contributed by atoms with E-state index in [1.165, 1.54) is 32.1 Å². The van der Waals surface area contributed by atoms with Gasteiger partial charge < -0.3 is 15.2 Å². The number of nitrogens with one attached hydrogen (secondary N) is 1. The van der Waals surface area contributed by atoms with Crippen molar-refractivity contribution in [3.63, 3.8) is 0 Å². The molecule has 1 spiro atoms. The van der Waals surface area contributed by atoms with Gasteiger partial charge in [0.1, 0.15) is 0 Å². The Morgan fingerprint density at radius 3 is 2.68 bits per heavy atom. The SMILES string of the molecule is CCC(C)(CCO)NC1CCOC2(CCCCC2)C1. The quantitative estimate of drug-likeness (QED) is 0.806. The van der Waals surface area contributed by atoms with E-state index < -0.39 is 0 Å². The Hall–Kier alpha value is -0.120. The molecule has 0 aromatic heterocycles. The predicted octanol–water partition coefficient (Wildman–Crippen LogP) is 3.01. The lowest BCUT2D eigenvalue weighted by Crippen LogP contribution is -2.54. The highest BCUT2D eigenvalue weighted by Gasteiger charge is 2.39. The van der Waals surface area contributed by atoms with Crippen molar-refractivity contribution in [3.05, 3.63) is 0 Å². The monoisotopic (exact) mass is 269 g/mol. The van der Waals surface area contributed by atoms with Gasteiger partial charge in [0.15, 0.2) is 0 Å². The first-order valence-corrected chi connectivity index (χ1v) is 8.14. The maximum absolute atomic E-state index is 9.24. The van der Waals surface area contributed by atoms with Crippen molar-refractivity contribution in [3.8, 4) is 0 Å². The van der Waals surface area contributed by atoms with E-state index in [4.69, 9.17) is 4.74 Å². The van der Waals surface area contributed by atoms with Crippen LogP contribution in [0, 0.1) is 0 Å². The molecular formula is C16H31NO2. The third-order valence-corrected chi connectivity index (χ3v) is 5.25. The van der Waals surface area contributed by atoms with Crippen LogP contribution >= 0.6 is 0 Å². The van der Waals surface area contributed by atoms with E-state index >= 15 is 0 Å². The zero-order valence-electron chi connectivity index (χ0n) is 12.7. The molecule has 112 valence electrons. The molecule has 0 aromatic rings. The average Bonchev–Trinajstić information content (AvgIpc) is 2.40. The smallest absolute Gasteiger partial charge is 0.0697 e. The topological polar surface area (TPSA) is 41.5 Å². The highest BCUT2D eigenvalue weighted by atomic mass is 16.5.